The number of rotatable bonds is 6. The minimum atomic E-state index is -0.427. The molecule has 0 amide bonds. The first-order chi connectivity index (χ1) is 7.25. The average Bonchev–Trinajstić information content (AvgIpc) is 2.25. The van der Waals surface area contributed by atoms with Gasteiger partial charge in [0.25, 0.3) is 0 Å². The molecule has 1 rings (SSSR count). The minimum absolute atomic E-state index is 0.0293. The maximum Gasteiger partial charge on any atom is 0.311 e. The Morgan fingerprint density at radius 3 is 3.13 bits per heavy atom. The fourth-order valence-corrected chi connectivity index (χ4v) is 1.54. The zero-order valence-corrected chi connectivity index (χ0v) is 9.29. The third kappa shape index (κ3) is 3.75. The van der Waals surface area contributed by atoms with E-state index in [0.717, 1.165) is 12.2 Å². The smallest absolute Gasteiger partial charge is 0.311 e. The van der Waals surface area contributed by atoms with E-state index in [-0.39, 0.29) is 5.69 Å². The quantitative estimate of drug-likeness (QED) is 0.458. The predicted molar refractivity (Wildman–Crippen MR) is 62.4 cm³/mol. The second kappa shape index (κ2) is 6.23. The molecule has 0 aliphatic heterocycles. The molecule has 5 nitrogen and oxygen atoms in total. The van der Waals surface area contributed by atoms with Gasteiger partial charge in [-0.2, -0.15) is 11.8 Å². The Morgan fingerprint density at radius 2 is 2.47 bits per heavy atom. The molecule has 0 aliphatic rings. The van der Waals surface area contributed by atoms with Gasteiger partial charge in [0.05, 0.1) is 4.92 Å². The largest absolute Gasteiger partial charge is 0.364 e. The number of anilines is 1. The third-order valence-corrected chi connectivity index (χ3v) is 2.50. The van der Waals surface area contributed by atoms with E-state index in [9.17, 15) is 10.1 Å². The highest BCUT2D eigenvalue weighted by molar-refractivity contribution is 7.98. The lowest BCUT2D eigenvalue weighted by molar-refractivity contribution is -0.384. The Bertz CT molecular complexity index is 333. The first-order valence-corrected chi connectivity index (χ1v) is 5.97. The number of nitrogens with one attached hydrogen (secondary N) is 1. The second-order valence-electron chi connectivity index (χ2n) is 2.90. The van der Waals surface area contributed by atoms with Crippen LogP contribution in [0, 0.1) is 10.1 Å². The molecule has 0 saturated carbocycles. The molecule has 0 bridgehead atoms. The van der Waals surface area contributed by atoms with Crippen LogP contribution in [0.5, 0.6) is 0 Å². The summed E-state index contributed by atoms with van der Waals surface area (Å²) < 4.78 is 0. The van der Waals surface area contributed by atoms with Gasteiger partial charge in [-0.05, 0) is 24.5 Å². The molecule has 82 valence electrons. The maximum absolute atomic E-state index is 10.6. The summed E-state index contributed by atoms with van der Waals surface area (Å²) in [5.41, 5.74) is 0.0293. The van der Waals surface area contributed by atoms with Crippen molar-refractivity contribution < 1.29 is 4.92 Å². The Kier molecular flexibility index (Phi) is 4.89. The molecule has 0 unspecified atom stereocenters. The molecular formula is C9H13N3O2S. The van der Waals surface area contributed by atoms with E-state index in [4.69, 9.17) is 0 Å². The van der Waals surface area contributed by atoms with Crippen LogP contribution in [0.2, 0.25) is 0 Å². The summed E-state index contributed by atoms with van der Waals surface area (Å²) >= 11 is 1.75. The van der Waals surface area contributed by atoms with Gasteiger partial charge in [0.2, 0.25) is 5.82 Å². The molecular weight excluding hydrogens is 214 g/mol. The first kappa shape index (κ1) is 11.8. The van der Waals surface area contributed by atoms with Crippen molar-refractivity contribution in [3.8, 4) is 0 Å². The van der Waals surface area contributed by atoms with Crippen LogP contribution in [-0.2, 0) is 0 Å². The van der Waals surface area contributed by atoms with Crippen molar-refractivity contribution in [3.63, 3.8) is 0 Å². The molecule has 0 radical (unpaired) electrons. The van der Waals surface area contributed by atoms with Crippen molar-refractivity contribution in [2.75, 3.05) is 23.9 Å². The standard InChI is InChI=1S/C9H13N3O2S/c1-15-7-3-6-11-9-8(12(13)14)4-2-5-10-9/h2,4-5H,3,6-7H2,1H3,(H,10,11). The monoisotopic (exact) mass is 227 g/mol. The molecule has 1 heterocycles. The fraction of sp³-hybridized carbons (Fsp3) is 0.444. The highest BCUT2D eigenvalue weighted by Gasteiger charge is 2.12. The van der Waals surface area contributed by atoms with E-state index < -0.39 is 4.92 Å². The van der Waals surface area contributed by atoms with Gasteiger partial charge in [0.1, 0.15) is 0 Å². The number of nitrogens with zero attached hydrogens (tertiary/aromatic N) is 2. The minimum Gasteiger partial charge on any atom is -0.364 e. The summed E-state index contributed by atoms with van der Waals surface area (Å²) in [6.07, 6.45) is 4.54. The summed E-state index contributed by atoms with van der Waals surface area (Å²) in [6.45, 7) is 0.707. The number of hydrogen-bond acceptors (Lipinski definition) is 5. The van der Waals surface area contributed by atoms with Gasteiger partial charge >= 0.3 is 5.69 Å². The highest BCUT2D eigenvalue weighted by Crippen LogP contribution is 2.19. The first-order valence-electron chi connectivity index (χ1n) is 4.58. The molecule has 1 N–H and O–H groups in total. The number of pyridine rings is 1. The molecule has 0 saturated heterocycles. The number of nitro groups is 1. The van der Waals surface area contributed by atoms with Crippen molar-refractivity contribution in [2.45, 2.75) is 6.42 Å². The van der Waals surface area contributed by atoms with Gasteiger partial charge in [-0.3, -0.25) is 10.1 Å². The van der Waals surface area contributed by atoms with Crippen LogP contribution < -0.4 is 5.32 Å². The summed E-state index contributed by atoms with van der Waals surface area (Å²) in [7, 11) is 0. The van der Waals surface area contributed by atoms with Crippen LogP contribution in [0.25, 0.3) is 0 Å². The zero-order valence-electron chi connectivity index (χ0n) is 8.47. The van der Waals surface area contributed by atoms with Gasteiger partial charge in [-0.15, -0.1) is 0 Å². The van der Waals surface area contributed by atoms with Crippen molar-refractivity contribution in [2.24, 2.45) is 0 Å². The molecule has 1 aromatic heterocycles. The fourth-order valence-electron chi connectivity index (χ4n) is 1.10. The van der Waals surface area contributed by atoms with Crippen molar-refractivity contribution in [3.05, 3.63) is 28.4 Å². The van der Waals surface area contributed by atoms with E-state index in [1.54, 1.807) is 24.0 Å². The van der Waals surface area contributed by atoms with Crippen molar-refractivity contribution >= 4 is 23.3 Å². The average molecular weight is 227 g/mol. The third-order valence-electron chi connectivity index (χ3n) is 1.80. The van der Waals surface area contributed by atoms with Gasteiger partial charge in [-0.25, -0.2) is 4.98 Å². The molecule has 0 atom stereocenters. The van der Waals surface area contributed by atoms with E-state index >= 15 is 0 Å². The topological polar surface area (TPSA) is 68.1 Å². The number of thioether (sulfide) groups is 1. The lowest BCUT2D eigenvalue weighted by Crippen LogP contribution is -2.06. The second-order valence-corrected chi connectivity index (χ2v) is 3.89. The summed E-state index contributed by atoms with van der Waals surface area (Å²) in [5.74, 6) is 1.39. The molecule has 0 aliphatic carbocycles. The lowest BCUT2D eigenvalue weighted by atomic mass is 10.4. The Labute approximate surface area is 92.4 Å². The zero-order chi connectivity index (χ0) is 11.1. The van der Waals surface area contributed by atoms with Crippen LogP contribution in [0.3, 0.4) is 0 Å². The molecule has 0 fully saturated rings. The van der Waals surface area contributed by atoms with Gasteiger partial charge < -0.3 is 5.32 Å². The van der Waals surface area contributed by atoms with Gasteiger partial charge in [0.15, 0.2) is 0 Å². The van der Waals surface area contributed by atoms with Gasteiger partial charge in [0, 0.05) is 18.8 Å². The van der Waals surface area contributed by atoms with Crippen LogP contribution in [-0.4, -0.2) is 28.5 Å². The number of hydrogen-bond donors (Lipinski definition) is 1. The van der Waals surface area contributed by atoms with Crippen LogP contribution in [0.1, 0.15) is 6.42 Å². The van der Waals surface area contributed by atoms with E-state index in [1.807, 2.05) is 6.26 Å². The molecule has 0 spiro atoms. The number of aromatic nitrogens is 1. The summed E-state index contributed by atoms with van der Waals surface area (Å²) in [5, 5.41) is 13.6. The van der Waals surface area contributed by atoms with Crippen molar-refractivity contribution in [1.82, 2.24) is 4.98 Å². The Morgan fingerprint density at radius 1 is 1.67 bits per heavy atom. The summed E-state index contributed by atoms with van der Waals surface area (Å²) in [4.78, 5) is 14.1. The molecule has 0 aromatic carbocycles. The van der Waals surface area contributed by atoms with Crippen LogP contribution in [0.15, 0.2) is 18.3 Å². The van der Waals surface area contributed by atoms with E-state index in [0.29, 0.717) is 12.4 Å². The highest BCUT2D eigenvalue weighted by atomic mass is 32.2. The Hall–Kier alpha value is -1.30. The van der Waals surface area contributed by atoms with E-state index in [1.165, 1.54) is 6.07 Å². The van der Waals surface area contributed by atoms with Crippen LogP contribution >= 0.6 is 11.8 Å². The maximum atomic E-state index is 10.6. The summed E-state index contributed by atoms with van der Waals surface area (Å²) in [6, 6.07) is 3.01. The van der Waals surface area contributed by atoms with Crippen molar-refractivity contribution in [1.29, 1.82) is 0 Å². The Balaban J connectivity index is 2.56. The van der Waals surface area contributed by atoms with Gasteiger partial charge in [-0.1, -0.05) is 0 Å². The normalized spacial score (nSPS) is 9.93. The lowest BCUT2D eigenvalue weighted by Gasteiger charge is -2.04. The molecule has 6 heteroatoms. The SMILES string of the molecule is CSCCCNc1ncccc1[N+](=O)[O-]. The molecule has 15 heavy (non-hydrogen) atoms. The van der Waals surface area contributed by atoms with Crippen LogP contribution in [0.4, 0.5) is 11.5 Å². The van der Waals surface area contributed by atoms with E-state index in [2.05, 4.69) is 10.3 Å². The molecule has 1 aromatic rings. The predicted octanol–water partition coefficient (Wildman–Crippen LogP) is 2.15.